The fourth-order valence-corrected chi connectivity index (χ4v) is 3.28. The van der Waals surface area contributed by atoms with Crippen molar-refractivity contribution in [1.82, 2.24) is 4.90 Å². The van der Waals surface area contributed by atoms with Crippen LogP contribution < -0.4 is 5.32 Å². The lowest BCUT2D eigenvalue weighted by Gasteiger charge is -2.24. The quantitative estimate of drug-likeness (QED) is 0.820. The summed E-state index contributed by atoms with van der Waals surface area (Å²) < 4.78 is 0. The Hall–Kier alpha value is -1.52. The van der Waals surface area contributed by atoms with Crippen molar-refractivity contribution >= 4 is 40.7 Å². The van der Waals surface area contributed by atoms with Crippen molar-refractivity contribution in [3.8, 4) is 0 Å². The zero-order valence-corrected chi connectivity index (χ0v) is 14.7. The van der Waals surface area contributed by atoms with E-state index in [0.29, 0.717) is 34.3 Å². The van der Waals surface area contributed by atoms with Gasteiger partial charge in [0.2, 0.25) is 11.8 Å². The Morgan fingerprint density at radius 3 is 2.57 bits per heavy atom. The molecular weight excluding hydrogens is 335 g/mol. The highest BCUT2D eigenvalue weighted by Gasteiger charge is 2.34. The zero-order chi connectivity index (χ0) is 17.0. The van der Waals surface area contributed by atoms with Gasteiger partial charge in [0.1, 0.15) is 6.04 Å². The molecule has 0 aromatic heterocycles. The number of nitrogens with zero attached hydrogens (tertiary/aromatic N) is 1. The van der Waals surface area contributed by atoms with Crippen molar-refractivity contribution in [2.45, 2.75) is 39.2 Å². The molecule has 6 heteroatoms. The number of halogens is 2. The monoisotopic (exact) mass is 354 g/mol. The summed E-state index contributed by atoms with van der Waals surface area (Å²) in [5, 5.41) is 3.71. The number of likely N-dealkylation sites (tertiary alicyclic amines) is 1. The summed E-state index contributed by atoms with van der Waals surface area (Å²) in [5.74, 6) is -0.285. The van der Waals surface area contributed by atoms with Gasteiger partial charge in [-0.05, 0) is 44.4 Å². The van der Waals surface area contributed by atoms with E-state index in [-0.39, 0.29) is 11.8 Å². The molecule has 1 aliphatic heterocycles. The van der Waals surface area contributed by atoms with E-state index in [0.717, 1.165) is 12.8 Å². The number of carbonyl (C=O) groups is 2. The maximum Gasteiger partial charge on any atom is 0.249 e. The first-order valence-corrected chi connectivity index (χ1v) is 8.42. The summed E-state index contributed by atoms with van der Waals surface area (Å²) >= 11 is 11.9. The van der Waals surface area contributed by atoms with Gasteiger partial charge in [-0.15, -0.1) is 0 Å². The molecule has 2 amide bonds. The van der Waals surface area contributed by atoms with Crippen LogP contribution in [0.5, 0.6) is 0 Å². The van der Waals surface area contributed by atoms with Crippen molar-refractivity contribution in [3.63, 3.8) is 0 Å². The first-order chi connectivity index (χ1) is 10.9. The minimum atomic E-state index is -0.458. The Balaban J connectivity index is 2.11. The highest BCUT2D eigenvalue weighted by molar-refractivity contribution is 6.35. The first-order valence-electron chi connectivity index (χ1n) is 7.67. The lowest BCUT2D eigenvalue weighted by Crippen LogP contribution is -2.43. The molecule has 0 aliphatic carbocycles. The number of carbonyl (C=O) groups excluding carboxylic acids is 2. The third-order valence-corrected chi connectivity index (χ3v) is 4.23. The number of anilines is 1. The average Bonchev–Trinajstić information content (AvgIpc) is 2.95. The van der Waals surface area contributed by atoms with Gasteiger partial charge in [-0.25, -0.2) is 0 Å². The second-order valence-corrected chi connectivity index (χ2v) is 6.47. The van der Waals surface area contributed by atoms with Crippen LogP contribution >= 0.6 is 23.2 Å². The van der Waals surface area contributed by atoms with Crippen molar-refractivity contribution in [2.24, 2.45) is 0 Å². The van der Waals surface area contributed by atoms with Gasteiger partial charge < -0.3 is 10.2 Å². The van der Waals surface area contributed by atoms with E-state index < -0.39 is 6.04 Å². The predicted molar refractivity (Wildman–Crippen MR) is 93.9 cm³/mol. The molecule has 4 nitrogen and oxygen atoms in total. The van der Waals surface area contributed by atoms with E-state index in [2.05, 4.69) is 5.32 Å². The van der Waals surface area contributed by atoms with E-state index in [4.69, 9.17) is 23.2 Å². The Morgan fingerprint density at radius 2 is 1.96 bits per heavy atom. The van der Waals surface area contributed by atoms with Gasteiger partial charge in [0.05, 0.1) is 0 Å². The van der Waals surface area contributed by atoms with Crippen LogP contribution in [0.4, 0.5) is 5.69 Å². The van der Waals surface area contributed by atoms with Crippen LogP contribution in [0.1, 0.15) is 33.1 Å². The molecule has 23 heavy (non-hydrogen) atoms. The summed E-state index contributed by atoms with van der Waals surface area (Å²) in [4.78, 5) is 26.6. The lowest BCUT2D eigenvalue weighted by molar-refractivity contribution is -0.133. The predicted octanol–water partition coefficient (Wildman–Crippen LogP) is 4.28. The number of amides is 2. The van der Waals surface area contributed by atoms with Gasteiger partial charge in [-0.2, -0.15) is 0 Å². The molecule has 0 radical (unpaired) electrons. The summed E-state index contributed by atoms with van der Waals surface area (Å²) in [6.45, 7) is 4.37. The largest absolute Gasteiger partial charge is 0.327 e. The second kappa shape index (κ2) is 7.84. The van der Waals surface area contributed by atoms with E-state index in [1.165, 1.54) is 0 Å². The van der Waals surface area contributed by atoms with Crippen molar-refractivity contribution in [3.05, 3.63) is 39.9 Å². The molecule has 1 saturated heterocycles. The fraction of sp³-hybridized carbons (Fsp3) is 0.412. The molecule has 1 aromatic carbocycles. The molecule has 1 unspecified atom stereocenters. The van der Waals surface area contributed by atoms with E-state index >= 15 is 0 Å². The van der Waals surface area contributed by atoms with E-state index in [1.807, 2.05) is 13.0 Å². The van der Waals surface area contributed by atoms with Crippen LogP contribution in [0.2, 0.25) is 10.0 Å². The van der Waals surface area contributed by atoms with Crippen LogP contribution in [-0.2, 0) is 9.59 Å². The minimum Gasteiger partial charge on any atom is -0.327 e. The number of hydrogen-bond acceptors (Lipinski definition) is 2. The third-order valence-electron chi connectivity index (χ3n) is 3.79. The Bertz CT molecular complexity index is 623. The van der Waals surface area contributed by atoms with Crippen LogP contribution in [-0.4, -0.2) is 29.3 Å². The molecule has 1 atom stereocenters. The summed E-state index contributed by atoms with van der Waals surface area (Å²) in [5.41, 5.74) is 1.21. The van der Waals surface area contributed by atoms with Crippen molar-refractivity contribution in [1.29, 1.82) is 0 Å². The topological polar surface area (TPSA) is 49.4 Å². The third kappa shape index (κ3) is 4.49. The molecule has 1 aliphatic rings. The second-order valence-electron chi connectivity index (χ2n) is 5.60. The smallest absolute Gasteiger partial charge is 0.249 e. The molecule has 1 heterocycles. The van der Waals surface area contributed by atoms with Gasteiger partial charge in [-0.1, -0.05) is 36.2 Å². The van der Waals surface area contributed by atoms with Crippen LogP contribution in [0, 0.1) is 0 Å². The van der Waals surface area contributed by atoms with Gasteiger partial charge in [-0.3, -0.25) is 9.59 Å². The first kappa shape index (κ1) is 17.8. The summed E-state index contributed by atoms with van der Waals surface area (Å²) in [7, 11) is 0. The van der Waals surface area contributed by atoms with Gasteiger partial charge in [0.25, 0.3) is 0 Å². The van der Waals surface area contributed by atoms with Gasteiger partial charge in [0.15, 0.2) is 0 Å². The van der Waals surface area contributed by atoms with E-state index in [1.54, 1.807) is 30.0 Å². The number of hydrogen-bond donors (Lipinski definition) is 1. The summed E-state index contributed by atoms with van der Waals surface area (Å²) in [6.07, 6.45) is 4.15. The van der Waals surface area contributed by atoms with E-state index in [9.17, 15) is 9.59 Å². The van der Waals surface area contributed by atoms with Gasteiger partial charge >= 0.3 is 0 Å². The zero-order valence-electron chi connectivity index (χ0n) is 13.2. The molecule has 1 fully saturated rings. The number of allylic oxidation sites excluding steroid dienone is 1. The average molecular weight is 355 g/mol. The molecule has 0 bridgehead atoms. The Kier molecular flexibility index (Phi) is 6.08. The van der Waals surface area contributed by atoms with Crippen molar-refractivity contribution in [2.75, 3.05) is 11.9 Å². The molecule has 0 saturated carbocycles. The summed E-state index contributed by atoms with van der Waals surface area (Å²) in [6, 6.07) is 4.41. The molecule has 1 N–H and O–H groups in total. The lowest BCUT2D eigenvalue weighted by atomic mass is 10.1. The number of rotatable bonds is 4. The maximum atomic E-state index is 12.5. The Labute approximate surface area is 146 Å². The molecule has 0 spiro atoms. The SMILES string of the molecule is CC/C=C(\C)C(=O)N1CCCC1C(=O)Nc1cc(Cl)cc(Cl)c1. The highest BCUT2D eigenvalue weighted by atomic mass is 35.5. The standard InChI is InChI=1S/C17H20Cl2N2O2/c1-3-5-11(2)17(23)21-7-4-6-15(21)16(22)20-14-9-12(18)8-13(19)10-14/h5,8-10,15H,3-4,6-7H2,1-2H3,(H,20,22)/b11-5+. The Morgan fingerprint density at radius 1 is 1.30 bits per heavy atom. The highest BCUT2D eigenvalue weighted by Crippen LogP contribution is 2.25. The van der Waals surface area contributed by atoms with Gasteiger partial charge in [0, 0.05) is 27.9 Å². The maximum absolute atomic E-state index is 12.5. The van der Waals surface area contributed by atoms with Crippen LogP contribution in [0.25, 0.3) is 0 Å². The van der Waals surface area contributed by atoms with Crippen LogP contribution in [0.3, 0.4) is 0 Å². The molecular formula is C17H20Cl2N2O2. The number of nitrogens with one attached hydrogen (secondary N) is 1. The normalized spacial score (nSPS) is 18.2. The van der Waals surface area contributed by atoms with Crippen molar-refractivity contribution < 1.29 is 9.59 Å². The molecule has 124 valence electrons. The number of benzene rings is 1. The fourth-order valence-electron chi connectivity index (χ4n) is 2.75. The molecule has 1 aromatic rings. The molecule has 2 rings (SSSR count). The minimum absolute atomic E-state index is 0.0753. The van der Waals surface area contributed by atoms with Crippen LogP contribution in [0.15, 0.2) is 29.8 Å².